The molecular formula is C12H19F3N2O2. The fraction of sp³-hybridized carbons (Fsp3) is 0.833. The molecule has 0 aromatic rings. The fourth-order valence-corrected chi connectivity index (χ4v) is 2.11. The van der Waals surface area contributed by atoms with E-state index in [1.54, 1.807) is 5.32 Å². The van der Waals surface area contributed by atoms with Crippen molar-refractivity contribution in [3.8, 4) is 0 Å². The van der Waals surface area contributed by atoms with Crippen molar-refractivity contribution in [2.45, 2.75) is 44.7 Å². The lowest BCUT2D eigenvalue weighted by molar-refractivity contribution is -0.173. The normalized spacial score (nSPS) is 17.0. The van der Waals surface area contributed by atoms with E-state index in [1.807, 2.05) is 0 Å². The molecule has 4 nitrogen and oxygen atoms in total. The van der Waals surface area contributed by atoms with Crippen LogP contribution in [-0.4, -0.2) is 31.1 Å². The molecule has 0 saturated heterocycles. The molecule has 7 heteroatoms. The predicted octanol–water partition coefficient (Wildman–Crippen LogP) is 1.75. The molecule has 1 saturated carbocycles. The van der Waals surface area contributed by atoms with Crippen LogP contribution in [0.3, 0.4) is 0 Å². The molecule has 110 valence electrons. The second-order valence-electron chi connectivity index (χ2n) is 4.73. The quantitative estimate of drug-likeness (QED) is 0.754. The molecule has 0 unspecified atom stereocenters. The van der Waals surface area contributed by atoms with Crippen LogP contribution in [0, 0.1) is 5.92 Å². The number of hydrogen-bond donors (Lipinski definition) is 2. The second-order valence-corrected chi connectivity index (χ2v) is 4.73. The first-order chi connectivity index (χ1) is 8.91. The van der Waals surface area contributed by atoms with Crippen molar-refractivity contribution in [2.24, 2.45) is 5.92 Å². The third-order valence-corrected chi connectivity index (χ3v) is 3.17. The summed E-state index contributed by atoms with van der Waals surface area (Å²) in [5.74, 6) is -1.92. The van der Waals surface area contributed by atoms with Gasteiger partial charge in [0.1, 0.15) is 0 Å². The lowest BCUT2D eigenvalue weighted by Crippen LogP contribution is -2.39. The van der Waals surface area contributed by atoms with E-state index in [2.05, 4.69) is 5.32 Å². The number of carbonyl (C=O) groups is 2. The maximum Gasteiger partial charge on any atom is 0.471 e. The summed E-state index contributed by atoms with van der Waals surface area (Å²) < 4.78 is 35.5. The Hall–Kier alpha value is -1.27. The summed E-state index contributed by atoms with van der Waals surface area (Å²) in [4.78, 5) is 22.2. The minimum atomic E-state index is -4.84. The smallest absolute Gasteiger partial charge is 0.356 e. The van der Waals surface area contributed by atoms with Crippen LogP contribution in [-0.2, 0) is 9.59 Å². The van der Waals surface area contributed by atoms with Gasteiger partial charge in [-0.25, -0.2) is 0 Å². The molecule has 0 atom stereocenters. The van der Waals surface area contributed by atoms with Gasteiger partial charge in [-0.1, -0.05) is 19.3 Å². The third-order valence-electron chi connectivity index (χ3n) is 3.17. The Morgan fingerprint density at radius 3 is 2.16 bits per heavy atom. The SMILES string of the molecule is O=C(NCCCNC(=O)C(F)(F)F)C1CCCCC1. The summed E-state index contributed by atoms with van der Waals surface area (Å²) in [6.45, 7) is 0.191. The molecular weight excluding hydrogens is 261 g/mol. The molecule has 1 rings (SSSR count). The monoisotopic (exact) mass is 280 g/mol. The Bertz CT molecular complexity index is 313. The summed E-state index contributed by atoms with van der Waals surface area (Å²) in [6, 6.07) is 0. The highest BCUT2D eigenvalue weighted by molar-refractivity contribution is 5.81. The van der Waals surface area contributed by atoms with E-state index in [-0.39, 0.29) is 24.9 Å². The van der Waals surface area contributed by atoms with Gasteiger partial charge in [0.2, 0.25) is 5.91 Å². The highest BCUT2D eigenvalue weighted by atomic mass is 19.4. The van der Waals surface area contributed by atoms with Gasteiger partial charge in [0.15, 0.2) is 0 Å². The van der Waals surface area contributed by atoms with Crippen LogP contribution < -0.4 is 10.6 Å². The Morgan fingerprint density at radius 2 is 1.58 bits per heavy atom. The first kappa shape index (κ1) is 15.8. The molecule has 19 heavy (non-hydrogen) atoms. The Balaban J connectivity index is 2.07. The Labute approximate surface area is 110 Å². The van der Waals surface area contributed by atoms with Crippen molar-refractivity contribution < 1.29 is 22.8 Å². The fourth-order valence-electron chi connectivity index (χ4n) is 2.11. The van der Waals surface area contributed by atoms with E-state index in [9.17, 15) is 22.8 Å². The van der Waals surface area contributed by atoms with Crippen molar-refractivity contribution in [1.29, 1.82) is 0 Å². The zero-order valence-corrected chi connectivity index (χ0v) is 10.7. The molecule has 2 amide bonds. The summed E-state index contributed by atoms with van der Waals surface area (Å²) in [5.41, 5.74) is 0. The van der Waals surface area contributed by atoms with Crippen LogP contribution >= 0.6 is 0 Å². The topological polar surface area (TPSA) is 58.2 Å². The van der Waals surface area contributed by atoms with Gasteiger partial charge in [0, 0.05) is 19.0 Å². The minimum Gasteiger partial charge on any atom is -0.356 e. The second kappa shape index (κ2) is 7.35. The molecule has 0 radical (unpaired) electrons. The summed E-state index contributed by atoms with van der Waals surface area (Å²) in [5, 5.41) is 4.45. The molecule has 1 aliphatic carbocycles. The molecule has 1 aliphatic rings. The first-order valence-corrected chi connectivity index (χ1v) is 6.54. The van der Waals surface area contributed by atoms with Crippen LogP contribution in [0.15, 0.2) is 0 Å². The van der Waals surface area contributed by atoms with Crippen molar-refractivity contribution in [3.05, 3.63) is 0 Å². The number of carbonyl (C=O) groups excluding carboxylic acids is 2. The molecule has 0 bridgehead atoms. The molecule has 0 heterocycles. The Kier molecular flexibility index (Phi) is 6.11. The summed E-state index contributed by atoms with van der Waals surface area (Å²) in [7, 11) is 0. The van der Waals surface area contributed by atoms with Gasteiger partial charge in [-0.05, 0) is 19.3 Å². The standard InChI is InChI=1S/C12H19F3N2O2/c13-12(14,15)11(19)17-8-4-7-16-10(18)9-5-2-1-3-6-9/h9H,1-8H2,(H,16,18)(H,17,19). The molecule has 1 fully saturated rings. The van der Waals surface area contributed by atoms with Gasteiger partial charge < -0.3 is 10.6 Å². The largest absolute Gasteiger partial charge is 0.471 e. The number of halogens is 3. The van der Waals surface area contributed by atoms with Gasteiger partial charge in [0.25, 0.3) is 0 Å². The zero-order valence-electron chi connectivity index (χ0n) is 10.7. The molecule has 0 aliphatic heterocycles. The van der Waals surface area contributed by atoms with Crippen molar-refractivity contribution in [3.63, 3.8) is 0 Å². The van der Waals surface area contributed by atoms with Gasteiger partial charge >= 0.3 is 12.1 Å². The van der Waals surface area contributed by atoms with Gasteiger partial charge in [-0.2, -0.15) is 13.2 Å². The number of hydrogen-bond acceptors (Lipinski definition) is 2. The highest BCUT2D eigenvalue weighted by Crippen LogP contribution is 2.23. The molecule has 2 N–H and O–H groups in total. The number of amides is 2. The number of alkyl halides is 3. The van der Waals surface area contributed by atoms with Gasteiger partial charge in [-0.15, -0.1) is 0 Å². The van der Waals surface area contributed by atoms with Crippen molar-refractivity contribution in [1.82, 2.24) is 10.6 Å². The van der Waals surface area contributed by atoms with E-state index in [1.165, 1.54) is 0 Å². The zero-order chi connectivity index (χ0) is 14.3. The highest BCUT2D eigenvalue weighted by Gasteiger charge is 2.38. The van der Waals surface area contributed by atoms with Crippen LogP contribution in [0.5, 0.6) is 0 Å². The third kappa shape index (κ3) is 5.94. The van der Waals surface area contributed by atoms with Crippen LogP contribution in [0.2, 0.25) is 0 Å². The van der Waals surface area contributed by atoms with Crippen LogP contribution in [0.1, 0.15) is 38.5 Å². The average Bonchev–Trinajstić information content (AvgIpc) is 2.37. The summed E-state index contributed by atoms with van der Waals surface area (Å²) >= 11 is 0. The van der Waals surface area contributed by atoms with Crippen LogP contribution in [0.25, 0.3) is 0 Å². The minimum absolute atomic E-state index is 0.0261. The number of nitrogens with one attached hydrogen (secondary N) is 2. The number of rotatable bonds is 5. The van der Waals surface area contributed by atoms with Gasteiger partial charge in [-0.3, -0.25) is 9.59 Å². The molecule has 0 spiro atoms. The average molecular weight is 280 g/mol. The van der Waals surface area contributed by atoms with E-state index in [0.29, 0.717) is 6.42 Å². The maximum absolute atomic E-state index is 11.8. The predicted molar refractivity (Wildman–Crippen MR) is 63.3 cm³/mol. The van der Waals surface area contributed by atoms with Crippen molar-refractivity contribution >= 4 is 11.8 Å². The molecule has 0 aromatic carbocycles. The lowest BCUT2D eigenvalue weighted by Gasteiger charge is -2.20. The Morgan fingerprint density at radius 1 is 1.00 bits per heavy atom. The van der Waals surface area contributed by atoms with E-state index in [4.69, 9.17) is 0 Å². The van der Waals surface area contributed by atoms with Gasteiger partial charge in [0.05, 0.1) is 0 Å². The molecule has 0 aromatic heterocycles. The van der Waals surface area contributed by atoms with Crippen LogP contribution in [0.4, 0.5) is 13.2 Å². The van der Waals surface area contributed by atoms with E-state index >= 15 is 0 Å². The first-order valence-electron chi connectivity index (χ1n) is 6.54. The summed E-state index contributed by atoms with van der Waals surface area (Å²) in [6.07, 6.45) is 0.492. The maximum atomic E-state index is 11.8. The van der Waals surface area contributed by atoms with E-state index in [0.717, 1.165) is 32.1 Å². The van der Waals surface area contributed by atoms with Crippen molar-refractivity contribution in [2.75, 3.05) is 13.1 Å². The van der Waals surface area contributed by atoms with E-state index < -0.39 is 12.1 Å². The lowest BCUT2D eigenvalue weighted by atomic mass is 9.89.